The second-order valence-electron chi connectivity index (χ2n) is 9.00. The number of para-hydroxylation sites is 1. The van der Waals surface area contributed by atoms with Gasteiger partial charge in [0.05, 0.1) is 11.6 Å². The minimum atomic E-state index is -3.83. The molecule has 1 fully saturated rings. The highest BCUT2D eigenvalue weighted by atomic mass is 32.2. The number of rotatable bonds is 6. The zero-order valence-corrected chi connectivity index (χ0v) is 19.1. The van der Waals surface area contributed by atoms with E-state index in [0.717, 1.165) is 11.1 Å². The molecular weight excluding hydrogens is 414 g/mol. The average Bonchev–Trinajstić information content (AvgIpc) is 3.03. The van der Waals surface area contributed by atoms with Crippen molar-refractivity contribution in [3.05, 3.63) is 59.7 Å². The van der Waals surface area contributed by atoms with Gasteiger partial charge in [0.2, 0.25) is 21.8 Å². The normalized spacial score (nSPS) is 17.1. The molecule has 0 aromatic heterocycles. The Balaban J connectivity index is 1.71. The van der Waals surface area contributed by atoms with Crippen LogP contribution in [0.5, 0.6) is 0 Å². The van der Waals surface area contributed by atoms with E-state index in [4.69, 9.17) is 0 Å². The first kappa shape index (κ1) is 23.0. The van der Waals surface area contributed by atoms with Gasteiger partial charge in [-0.1, -0.05) is 42.0 Å². The van der Waals surface area contributed by atoms with Crippen molar-refractivity contribution < 1.29 is 18.0 Å². The third-order valence-corrected chi connectivity index (χ3v) is 6.77. The van der Waals surface area contributed by atoms with E-state index in [1.54, 1.807) is 43.9 Å². The molecule has 1 heterocycles. The topological polar surface area (TPSA) is 95.6 Å². The summed E-state index contributed by atoms with van der Waals surface area (Å²) in [7, 11) is -3.83. The van der Waals surface area contributed by atoms with E-state index in [9.17, 15) is 18.0 Å². The molecule has 1 aliphatic rings. The first-order chi connectivity index (χ1) is 14.4. The summed E-state index contributed by atoms with van der Waals surface area (Å²) in [6.07, 6.45) is 0.104. The van der Waals surface area contributed by atoms with Gasteiger partial charge < -0.3 is 10.2 Å². The monoisotopic (exact) mass is 443 g/mol. The summed E-state index contributed by atoms with van der Waals surface area (Å²) in [5.74, 6) is -0.988. The van der Waals surface area contributed by atoms with E-state index >= 15 is 0 Å². The van der Waals surface area contributed by atoms with E-state index < -0.39 is 21.5 Å². The molecule has 166 valence electrons. The lowest BCUT2D eigenvalue weighted by Crippen LogP contribution is -2.40. The van der Waals surface area contributed by atoms with Crippen LogP contribution in [-0.4, -0.2) is 37.2 Å². The fourth-order valence-corrected chi connectivity index (χ4v) is 5.09. The maximum Gasteiger partial charge on any atom is 0.243 e. The molecule has 0 saturated carbocycles. The van der Waals surface area contributed by atoms with Gasteiger partial charge in [-0.3, -0.25) is 9.59 Å². The molecule has 1 atom stereocenters. The highest BCUT2D eigenvalue weighted by molar-refractivity contribution is 7.89. The average molecular weight is 444 g/mol. The number of carbonyl (C=O) groups excluding carboxylic acids is 2. The lowest BCUT2D eigenvalue weighted by atomic mass is 10.1. The number of carbonyl (C=O) groups is 2. The number of anilines is 1. The number of amides is 2. The van der Waals surface area contributed by atoms with Gasteiger partial charge >= 0.3 is 0 Å². The lowest BCUT2D eigenvalue weighted by Gasteiger charge is -2.22. The Bertz CT molecular complexity index is 1070. The molecular formula is C23H29N3O4S. The smallest absolute Gasteiger partial charge is 0.243 e. The van der Waals surface area contributed by atoms with E-state index in [1.807, 2.05) is 31.2 Å². The Kier molecular flexibility index (Phi) is 6.52. The van der Waals surface area contributed by atoms with Crippen molar-refractivity contribution in [1.29, 1.82) is 0 Å². The quantitative estimate of drug-likeness (QED) is 0.717. The molecule has 0 aliphatic carbocycles. The summed E-state index contributed by atoms with van der Waals surface area (Å²) in [4.78, 5) is 27.0. The summed E-state index contributed by atoms with van der Waals surface area (Å²) in [5.41, 5.74) is 1.69. The van der Waals surface area contributed by atoms with Crippen molar-refractivity contribution in [1.82, 2.24) is 9.62 Å². The van der Waals surface area contributed by atoms with Crippen LogP contribution in [0.1, 0.15) is 38.3 Å². The second-order valence-corrected chi connectivity index (χ2v) is 10.7. The Morgan fingerprint density at radius 3 is 2.39 bits per heavy atom. The molecule has 1 unspecified atom stereocenters. The van der Waals surface area contributed by atoms with Gasteiger partial charge in [-0.15, -0.1) is 0 Å². The summed E-state index contributed by atoms with van der Waals surface area (Å²) in [5, 5.41) is 2.72. The van der Waals surface area contributed by atoms with Gasteiger partial charge in [0.1, 0.15) is 4.90 Å². The Labute approximate surface area is 183 Å². The van der Waals surface area contributed by atoms with Crippen LogP contribution in [0.4, 0.5) is 5.69 Å². The van der Waals surface area contributed by atoms with Gasteiger partial charge in [-0.25, -0.2) is 13.1 Å². The van der Waals surface area contributed by atoms with Crippen LogP contribution in [0.15, 0.2) is 53.4 Å². The van der Waals surface area contributed by atoms with Crippen LogP contribution in [0.2, 0.25) is 0 Å². The fourth-order valence-electron chi connectivity index (χ4n) is 3.51. The summed E-state index contributed by atoms with van der Waals surface area (Å²) < 4.78 is 28.2. The Morgan fingerprint density at radius 1 is 1.10 bits per heavy atom. The van der Waals surface area contributed by atoms with Crippen LogP contribution < -0.4 is 10.0 Å². The maximum absolute atomic E-state index is 12.9. The van der Waals surface area contributed by atoms with Crippen molar-refractivity contribution in [3.8, 4) is 0 Å². The van der Waals surface area contributed by atoms with Gasteiger partial charge in [0.15, 0.2) is 0 Å². The molecule has 0 radical (unpaired) electrons. The highest BCUT2D eigenvalue weighted by Crippen LogP contribution is 2.26. The fraction of sp³-hybridized carbons (Fsp3) is 0.391. The first-order valence-corrected chi connectivity index (χ1v) is 11.7. The van der Waals surface area contributed by atoms with E-state index in [0.29, 0.717) is 13.1 Å². The number of hydrogen-bond donors (Lipinski definition) is 2. The number of hydrogen-bond acceptors (Lipinski definition) is 4. The van der Waals surface area contributed by atoms with Crippen LogP contribution in [0.3, 0.4) is 0 Å². The molecule has 1 saturated heterocycles. The molecule has 2 aromatic carbocycles. The highest BCUT2D eigenvalue weighted by Gasteiger charge is 2.35. The van der Waals surface area contributed by atoms with Crippen molar-refractivity contribution in [2.45, 2.75) is 51.1 Å². The molecule has 2 aromatic rings. The predicted octanol–water partition coefficient (Wildman–Crippen LogP) is 3.06. The zero-order chi connectivity index (χ0) is 22.8. The molecule has 8 heteroatoms. The number of nitrogens with one attached hydrogen (secondary N) is 2. The van der Waals surface area contributed by atoms with Crippen molar-refractivity contribution in [2.24, 2.45) is 5.92 Å². The largest absolute Gasteiger partial charge is 0.338 e. The van der Waals surface area contributed by atoms with Gasteiger partial charge in [-0.2, -0.15) is 0 Å². The summed E-state index contributed by atoms with van der Waals surface area (Å²) in [6, 6.07) is 14.2. The number of sulfonamides is 1. The molecule has 0 spiro atoms. The summed E-state index contributed by atoms with van der Waals surface area (Å²) >= 11 is 0. The molecule has 0 bridgehead atoms. The predicted molar refractivity (Wildman–Crippen MR) is 120 cm³/mol. The number of aryl methyl sites for hydroxylation is 1. The van der Waals surface area contributed by atoms with Crippen LogP contribution in [-0.2, 0) is 26.2 Å². The second kappa shape index (κ2) is 8.80. The third kappa shape index (κ3) is 5.92. The molecule has 31 heavy (non-hydrogen) atoms. The molecule has 3 rings (SSSR count). The van der Waals surface area contributed by atoms with E-state index in [2.05, 4.69) is 10.0 Å². The van der Waals surface area contributed by atoms with Crippen LogP contribution >= 0.6 is 0 Å². The molecule has 2 N–H and O–H groups in total. The number of nitrogens with zero attached hydrogens (tertiary/aromatic N) is 1. The molecule has 2 amide bonds. The lowest BCUT2D eigenvalue weighted by molar-refractivity contribution is -0.128. The van der Waals surface area contributed by atoms with Crippen molar-refractivity contribution in [3.63, 3.8) is 0 Å². The number of likely N-dealkylation sites (tertiary alicyclic amines) is 1. The van der Waals surface area contributed by atoms with Gasteiger partial charge in [0.25, 0.3) is 0 Å². The zero-order valence-electron chi connectivity index (χ0n) is 18.3. The first-order valence-electron chi connectivity index (χ1n) is 10.2. The van der Waals surface area contributed by atoms with Gasteiger partial charge in [-0.05, 0) is 45.4 Å². The Hall–Kier alpha value is -2.71. The van der Waals surface area contributed by atoms with E-state index in [1.165, 1.54) is 6.07 Å². The van der Waals surface area contributed by atoms with E-state index in [-0.39, 0.29) is 28.8 Å². The van der Waals surface area contributed by atoms with Crippen molar-refractivity contribution in [2.75, 3.05) is 11.9 Å². The van der Waals surface area contributed by atoms with Crippen LogP contribution in [0.25, 0.3) is 0 Å². The third-order valence-electron chi connectivity index (χ3n) is 4.95. The summed E-state index contributed by atoms with van der Waals surface area (Å²) in [6.45, 7) is 7.99. The standard InChI is InChI=1S/C23H29N3O4S/c1-16-9-11-17(12-10-16)14-26-15-18(13-21(26)27)22(28)24-19-7-5-6-8-20(19)31(29,30)25-23(2,3)4/h5-12,18,25H,13-15H2,1-4H3,(H,24,28). The van der Waals surface area contributed by atoms with Crippen LogP contribution in [0, 0.1) is 12.8 Å². The van der Waals surface area contributed by atoms with Crippen molar-refractivity contribution >= 4 is 27.5 Å². The maximum atomic E-state index is 12.9. The Morgan fingerprint density at radius 2 is 1.74 bits per heavy atom. The number of benzene rings is 2. The SMILES string of the molecule is Cc1ccc(CN2CC(C(=O)Nc3ccccc3S(=O)(=O)NC(C)(C)C)CC2=O)cc1. The minimum absolute atomic E-state index is 0.000824. The molecule has 7 nitrogen and oxygen atoms in total. The minimum Gasteiger partial charge on any atom is -0.338 e. The van der Waals surface area contributed by atoms with Gasteiger partial charge in [0, 0.05) is 25.0 Å². The molecule has 1 aliphatic heterocycles.